The number of amides is 1. The van der Waals surface area contributed by atoms with E-state index in [0.717, 1.165) is 25.1 Å². The molecule has 2 aromatic carbocycles. The molecule has 25 heavy (non-hydrogen) atoms. The Kier molecular flexibility index (Phi) is 5.71. The number of hydrogen-bond donors (Lipinski definition) is 1. The molecule has 132 valence electrons. The number of hydrogen-bond acceptors (Lipinski definition) is 3. The summed E-state index contributed by atoms with van der Waals surface area (Å²) in [5.74, 6) is 0.934. The highest BCUT2D eigenvalue weighted by atomic mass is 16.5. The maximum atomic E-state index is 12.2. The fraction of sp³-hybridized carbons (Fsp3) is 0.381. The minimum absolute atomic E-state index is 0.0735. The van der Waals surface area contributed by atoms with Gasteiger partial charge >= 0.3 is 0 Å². The molecule has 1 amide bonds. The Labute approximate surface area is 149 Å². The molecule has 0 aliphatic heterocycles. The molecule has 0 unspecified atom stereocenters. The van der Waals surface area contributed by atoms with E-state index in [4.69, 9.17) is 4.74 Å². The fourth-order valence-electron chi connectivity index (χ4n) is 2.99. The molecule has 0 heterocycles. The minimum atomic E-state index is 0.0735. The molecule has 0 radical (unpaired) electrons. The maximum absolute atomic E-state index is 12.2. The molecule has 2 aromatic rings. The van der Waals surface area contributed by atoms with Gasteiger partial charge in [-0.05, 0) is 37.6 Å². The second-order valence-corrected chi connectivity index (χ2v) is 6.82. The number of para-hydroxylation sites is 1. The molecule has 4 nitrogen and oxygen atoms in total. The van der Waals surface area contributed by atoms with Crippen LogP contribution in [0.5, 0.6) is 5.75 Å². The van der Waals surface area contributed by atoms with Gasteiger partial charge in [0, 0.05) is 18.5 Å². The maximum Gasteiger partial charge on any atom is 0.234 e. The van der Waals surface area contributed by atoms with Gasteiger partial charge in [-0.25, -0.2) is 0 Å². The Morgan fingerprint density at radius 3 is 2.36 bits per heavy atom. The van der Waals surface area contributed by atoms with Crippen LogP contribution in [0.1, 0.15) is 18.4 Å². The first-order valence-electron chi connectivity index (χ1n) is 8.87. The molecule has 0 saturated heterocycles. The smallest absolute Gasteiger partial charge is 0.234 e. The third-order valence-corrected chi connectivity index (χ3v) is 4.76. The van der Waals surface area contributed by atoms with E-state index in [-0.39, 0.29) is 11.3 Å². The van der Waals surface area contributed by atoms with Crippen LogP contribution >= 0.6 is 0 Å². The van der Waals surface area contributed by atoms with E-state index in [9.17, 15) is 4.79 Å². The highest BCUT2D eigenvalue weighted by Crippen LogP contribution is 2.47. The van der Waals surface area contributed by atoms with Gasteiger partial charge < -0.3 is 10.1 Å². The third-order valence-electron chi connectivity index (χ3n) is 4.76. The molecule has 1 saturated carbocycles. The topological polar surface area (TPSA) is 41.6 Å². The van der Waals surface area contributed by atoms with Crippen molar-refractivity contribution in [1.82, 2.24) is 10.2 Å². The summed E-state index contributed by atoms with van der Waals surface area (Å²) < 4.78 is 5.67. The lowest BCUT2D eigenvalue weighted by molar-refractivity contribution is -0.122. The van der Waals surface area contributed by atoms with E-state index >= 15 is 0 Å². The summed E-state index contributed by atoms with van der Waals surface area (Å²) in [6, 6.07) is 20.2. The SMILES string of the molecule is CN(CCOc1ccccc1)CC(=O)NCC1(c2ccccc2)CC1. The number of carbonyl (C=O) groups is 1. The van der Waals surface area contributed by atoms with Crippen molar-refractivity contribution in [2.75, 3.05) is 33.3 Å². The standard InChI is InChI=1S/C21H26N2O2/c1-23(14-15-25-19-10-6-3-7-11-19)16-20(24)22-17-21(12-13-21)18-8-4-2-5-9-18/h2-11H,12-17H2,1H3,(H,22,24). The Morgan fingerprint density at radius 1 is 1.08 bits per heavy atom. The molecule has 1 aliphatic rings. The summed E-state index contributed by atoms with van der Waals surface area (Å²) in [5.41, 5.74) is 1.49. The Hall–Kier alpha value is -2.33. The highest BCUT2D eigenvalue weighted by molar-refractivity contribution is 5.78. The molecule has 0 spiro atoms. The Bertz CT molecular complexity index is 669. The van der Waals surface area contributed by atoms with Crippen LogP contribution in [0.3, 0.4) is 0 Å². The van der Waals surface area contributed by atoms with Crippen molar-refractivity contribution in [3.8, 4) is 5.75 Å². The Morgan fingerprint density at radius 2 is 1.72 bits per heavy atom. The van der Waals surface area contributed by atoms with Crippen LogP contribution in [0, 0.1) is 0 Å². The van der Waals surface area contributed by atoms with Gasteiger partial charge in [0.1, 0.15) is 12.4 Å². The fourth-order valence-corrected chi connectivity index (χ4v) is 2.99. The molecule has 4 heteroatoms. The highest BCUT2D eigenvalue weighted by Gasteiger charge is 2.44. The van der Waals surface area contributed by atoms with E-state index in [1.165, 1.54) is 5.56 Å². The summed E-state index contributed by atoms with van der Waals surface area (Å²) in [5, 5.41) is 3.10. The molecular weight excluding hydrogens is 312 g/mol. The number of benzene rings is 2. The third kappa shape index (κ3) is 5.07. The predicted molar refractivity (Wildman–Crippen MR) is 99.8 cm³/mol. The normalized spacial score (nSPS) is 15.0. The lowest BCUT2D eigenvalue weighted by atomic mass is 9.96. The van der Waals surface area contributed by atoms with Crippen LogP contribution in [0.4, 0.5) is 0 Å². The zero-order valence-corrected chi connectivity index (χ0v) is 14.8. The summed E-state index contributed by atoms with van der Waals surface area (Å²) in [7, 11) is 1.94. The van der Waals surface area contributed by atoms with Crippen LogP contribution in [-0.4, -0.2) is 44.1 Å². The van der Waals surface area contributed by atoms with E-state index in [1.54, 1.807) is 0 Å². The first-order valence-corrected chi connectivity index (χ1v) is 8.87. The van der Waals surface area contributed by atoms with Gasteiger partial charge in [0.05, 0.1) is 6.54 Å². The summed E-state index contributed by atoms with van der Waals surface area (Å²) in [6.07, 6.45) is 2.30. The van der Waals surface area contributed by atoms with Crippen molar-refractivity contribution >= 4 is 5.91 Å². The van der Waals surface area contributed by atoms with E-state index in [0.29, 0.717) is 19.7 Å². The molecule has 1 aliphatic carbocycles. The molecule has 0 bridgehead atoms. The summed E-state index contributed by atoms with van der Waals surface area (Å²) >= 11 is 0. The average Bonchev–Trinajstić information content (AvgIpc) is 3.43. The van der Waals surface area contributed by atoms with Gasteiger partial charge in [-0.15, -0.1) is 0 Å². The quantitative estimate of drug-likeness (QED) is 0.764. The number of rotatable bonds is 9. The van der Waals surface area contributed by atoms with Gasteiger partial charge in [0.15, 0.2) is 0 Å². The molecule has 1 N–H and O–H groups in total. The largest absolute Gasteiger partial charge is 0.492 e. The zero-order valence-electron chi connectivity index (χ0n) is 14.8. The van der Waals surface area contributed by atoms with Gasteiger partial charge in [-0.1, -0.05) is 48.5 Å². The second-order valence-electron chi connectivity index (χ2n) is 6.82. The van der Waals surface area contributed by atoms with E-state index in [2.05, 4.69) is 29.6 Å². The summed E-state index contributed by atoms with van der Waals surface area (Å²) in [6.45, 7) is 2.40. The lowest BCUT2D eigenvalue weighted by Crippen LogP contribution is -2.40. The molecule has 1 fully saturated rings. The van der Waals surface area contributed by atoms with E-state index in [1.807, 2.05) is 48.3 Å². The summed E-state index contributed by atoms with van der Waals surface area (Å²) in [4.78, 5) is 14.2. The van der Waals surface area contributed by atoms with Crippen LogP contribution in [-0.2, 0) is 10.2 Å². The number of likely N-dealkylation sites (N-methyl/N-ethyl adjacent to an activating group) is 1. The molecular formula is C21H26N2O2. The minimum Gasteiger partial charge on any atom is -0.492 e. The number of nitrogens with one attached hydrogen (secondary N) is 1. The average molecular weight is 338 g/mol. The van der Waals surface area contributed by atoms with Crippen molar-refractivity contribution in [2.24, 2.45) is 0 Å². The predicted octanol–water partition coefficient (Wildman–Crippen LogP) is 2.85. The second kappa shape index (κ2) is 8.17. The van der Waals surface area contributed by atoms with Crippen molar-refractivity contribution in [3.63, 3.8) is 0 Å². The molecule has 3 rings (SSSR count). The van der Waals surface area contributed by atoms with Gasteiger partial charge in [0.2, 0.25) is 5.91 Å². The first kappa shape index (κ1) is 17.5. The monoisotopic (exact) mass is 338 g/mol. The molecule has 0 aromatic heterocycles. The van der Waals surface area contributed by atoms with Crippen molar-refractivity contribution in [3.05, 3.63) is 66.2 Å². The van der Waals surface area contributed by atoms with Gasteiger partial charge in [-0.2, -0.15) is 0 Å². The first-order chi connectivity index (χ1) is 12.2. The van der Waals surface area contributed by atoms with Crippen molar-refractivity contribution in [1.29, 1.82) is 0 Å². The van der Waals surface area contributed by atoms with Crippen LogP contribution < -0.4 is 10.1 Å². The molecule has 0 atom stereocenters. The van der Waals surface area contributed by atoms with Crippen molar-refractivity contribution in [2.45, 2.75) is 18.3 Å². The van der Waals surface area contributed by atoms with Crippen LogP contribution in [0.2, 0.25) is 0 Å². The number of ether oxygens (including phenoxy) is 1. The van der Waals surface area contributed by atoms with Crippen LogP contribution in [0.15, 0.2) is 60.7 Å². The van der Waals surface area contributed by atoms with E-state index < -0.39 is 0 Å². The van der Waals surface area contributed by atoms with Gasteiger partial charge in [-0.3, -0.25) is 9.69 Å². The number of carbonyl (C=O) groups excluding carboxylic acids is 1. The lowest BCUT2D eigenvalue weighted by Gasteiger charge is -2.19. The Balaban J connectivity index is 1.36. The van der Waals surface area contributed by atoms with Crippen LogP contribution in [0.25, 0.3) is 0 Å². The number of nitrogens with zero attached hydrogens (tertiary/aromatic N) is 1. The van der Waals surface area contributed by atoms with Crippen molar-refractivity contribution < 1.29 is 9.53 Å². The van der Waals surface area contributed by atoms with Gasteiger partial charge in [0.25, 0.3) is 0 Å². The zero-order chi connectivity index (χ0) is 17.5.